The normalized spacial score (nSPS) is 26.4. The molecule has 1 aliphatic carbocycles. The quantitative estimate of drug-likeness (QED) is 0.728. The number of rotatable bonds is 3. The summed E-state index contributed by atoms with van der Waals surface area (Å²) < 4.78 is 0. The molecular formula is C15H28N4O3. The maximum atomic E-state index is 12.2. The molecule has 0 radical (unpaired) electrons. The summed E-state index contributed by atoms with van der Waals surface area (Å²) in [6, 6.07) is -0.0619. The van der Waals surface area contributed by atoms with E-state index in [4.69, 9.17) is 10.8 Å². The van der Waals surface area contributed by atoms with Gasteiger partial charge >= 0.3 is 12.1 Å². The molecule has 3 amide bonds. The summed E-state index contributed by atoms with van der Waals surface area (Å²) >= 11 is 0. The number of carboxylic acid groups (broad SMARTS) is 1. The van der Waals surface area contributed by atoms with Crippen LogP contribution in [0.2, 0.25) is 0 Å². The molecule has 2 aliphatic rings. The topological polar surface area (TPSA) is 98.9 Å². The van der Waals surface area contributed by atoms with Gasteiger partial charge in [0.05, 0.1) is 0 Å². The van der Waals surface area contributed by atoms with E-state index in [1.807, 2.05) is 0 Å². The van der Waals surface area contributed by atoms with Gasteiger partial charge in [-0.3, -0.25) is 0 Å². The van der Waals surface area contributed by atoms with Crippen molar-refractivity contribution in [2.45, 2.75) is 32.1 Å². The van der Waals surface area contributed by atoms with E-state index >= 15 is 0 Å². The van der Waals surface area contributed by atoms with Crippen LogP contribution in [0.25, 0.3) is 0 Å². The highest BCUT2D eigenvalue weighted by atomic mass is 16.4. The highest BCUT2D eigenvalue weighted by molar-refractivity contribution is 5.74. The van der Waals surface area contributed by atoms with Gasteiger partial charge < -0.3 is 26.0 Å². The summed E-state index contributed by atoms with van der Waals surface area (Å²) in [4.78, 5) is 26.3. The number of urea groups is 1. The van der Waals surface area contributed by atoms with Crippen molar-refractivity contribution in [3.63, 3.8) is 0 Å². The van der Waals surface area contributed by atoms with E-state index in [0.717, 1.165) is 38.8 Å². The van der Waals surface area contributed by atoms with Crippen molar-refractivity contribution in [1.82, 2.24) is 15.1 Å². The molecule has 0 unspecified atom stereocenters. The molecule has 0 aromatic rings. The Labute approximate surface area is 131 Å². The highest BCUT2D eigenvalue weighted by Gasteiger charge is 2.23. The minimum atomic E-state index is -0.904. The highest BCUT2D eigenvalue weighted by Crippen LogP contribution is 2.27. The minimum absolute atomic E-state index is 0.0619. The molecular weight excluding hydrogens is 284 g/mol. The Balaban J connectivity index is 1.70. The van der Waals surface area contributed by atoms with Crippen LogP contribution in [0.5, 0.6) is 0 Å². The first-order valence-electron chi connectivity index (χ1n) is 8.31. The SMILES string of the molecule is NCC1CCC(CNC(=O)N2CCCN(C(=O)O)CC2)CC1. The summed E-state index contributed by atoms with van der Waals surface area (Å²) in [5, 5.41) is 12.0. The molecule has 0 aromatic carbocycles. The van der Waals surface area contributed by atoms with Crippen molar-refractivity contribution in [2.24, 2.45) is 17.6 Å². The zero-order valence-electron chi connectivity index (χ0n) is 13.2. The van der Waals surface area contributed by atoms with Gasteiger partial charge in [-0.05, 0) is 50.5 Å². The van der Waals surface area contributed by atoms with Crippen molar-refractivity contribution in [3.05, 3.63) is 0 Å². The van der Waals surface area contributed by atoms with Gasteiger partial charge in [0, 0.05) is 32.7 Å². The molecule has 7 heteroatoms. The number of hydrogen-bond acceptors (Lipinski definition) is 3. The minimum Gasteiger partial charge on any atom is -0.465 e. The second-order valence-electron chi connectivity index (χ2n) is 6.42. The van der Waals surface area contributed by atoms with Gasteiger partial charge in [0.1, 0.15) is 0 Å². The van der Waals surface area contributed by atoms with Crippen LogP contribution in [-0.2, 0) is 0 Å². The first kappa shape index (κ1) is 16.9. The van der Waals surface area contributed by atoms with E-state index in [1.54, 1.807) is 4.90 Å². The van der Waals surface area contributed by atoms with Crippen LogP contribution in [0.4, 0.5) is 9.59 Å². The smallest absolute Gasteiger partial charge is 0.407 e. The number of nitrogens with one attached hydrogen (secondary N) is 1. The largest absolute Gasteiger partial charge is 0.465 e. The van der Waals surface area contributed by atoms with Gasteiger partial charge in [-0.1, -0.05) is 0 Å². The van der Waals surface area contributed by atoms with Gasteiger partial charge in [-0.2, -0.15) is 0 Å². The Morgan fingerprint density at radius 2 is 1.59 bits per heavy atom. The lowest BCUT2D eigenvalue weighted by atomic mass is 9.82. The third-order valence-electron chi connectivity index (χ3n) is 4.90. The predicted octanol–water partition coefficient (Wildman–Crippen LogP) is 1.15. The molecule has 1 saturated heterocycles. The Hall–Kier alpha value is -1.50. The fourth-order valence-corrected chi connectivity index (χ4v) is 3.33. The molecule has 0 bridgehead atoms. The van der Waals surface area contributed by atoms with Gasteiger partial charge in [0.2, 0.25) is 0 Å². The zero-order valence-corrected chi connectivity index (χ0v) is 13.2. The molecule has 126 valence electrons. The summed E-state index contributed by atoms with van der Waals surface area (Å²) in [5.74, 6) is 1.20. The average molecular weight is 312 g/mol. The molecule has 0 atom stereocenters. The van der Waals surface area contributed by atoms with Gasteiger partial charge in [-0.15, -0.1) is 0 Å². The summed E-state index contributed by atoms with van der Waals surface area (Å²) in [7, 11) is 0. The molecule has 4 N–H and O–H groups in total. The third-order valence-corrected chi connectivity index (χ3v) is 4.90. The van der Waals surface area contributed by atoms with Crippen LogP contribution in [-0.4, -0.2) is 66.3 Å². The van der Waals surface area contributed by atoms with Crippen molar-refractivity contribution in [2.75, 3.05) is 39.3 Å². The number of carbonyl (C=O) groups is 2. The van der Waals surface area contributed by atoms with Crippen LogP contribution >= 0.6 is 0 Å². The number of hydrogen-bond donors (Lipinski definition) is 3. The molecule has 0 spiro atoms. The fourth-order valence-electron chi connectivity index (χ4n) is 3.33. The van der Waals surface area contributed by atoms with E-state index < -0.39 is 6.09 Å². The van der Waals surface area contributed by atoms with Crippen LogP contribution in [0.3, 0.4) is 0 Å². The Morgan fingerprint density at radius 3 is 2.23 bits per heavy atom. The van der Waals surface area contributed by atoms with Crippen LogP contribution in [0.15, 0.2) is 0 Å². The molecule has 1 aliphatic heterocycles. The van der Waals surface area contributed by atoms with E-state index in [2.05, 4.69) is 5.32 Å². The summed E-state index contributed by atoms with van der Waals surface area (Å²) in [6.45, 7) is 3.47. The zero-order chi connectivity index (χ0) is 15.9. The lowest BCUT2D eigenvalue weighted by Crippen LogP contribution is -2.44. The Bertz CT molecular complexity index is 383. The van der Waals surface area contributed by atoms with E-state index in [1.165, 1.54) is 4.90 Å². The number of carbonyl (C=O) groups excluding carboxylic acids is 1. The van der Waals surface area contributed by atoms with Crippen LogP contribution in [0.1, 0.15) is 32.1 Å². The Kier molecular flexibility index (Phi) is 6.30. The standard InChI is InChI=1S/C15H28N4O3/c16-10-12-2-4-13(5-3-12)11-17-14(20)18-6-1-7-19(9-8-18)15(21)22/h12-13H,1-11,16H2,(H,17,20)(H,21,22). The van der Waals surface area contributed by atoms with Crippen LogP contribution in [0, 0.1) is 11.8 Å². The molecule has 1 heterocycles. The van der Waals surface area contributed by atoms with Crippen LogP contribution < -0.4 is 11.1 Å². The molecule has 2 rings (SSSR count). The predicted molar refractivity (Wildman–Crippen MR) is 83.7 cm³/mol. The lowest BCUT2D eigenvalue weighted by molar-refractivity contribution is 0.146. The molecule has 7 nitrogen and oxygen atoms in total. The maximum absolute atomic E-state index is 12.2. The van der Waals surface area contributed by atoms with E-state index in [9.17, 15) is 9.59 Å². The van der Waals surface area contributed by atoms with Crippen molar-refractivity contribution in [1.29, 1.82) is 0 Å². The van der Waals surface area contributed by atoms with Gasteiger partial charge in [-0.25, -0.2) is 9.59 Å². The molecule has 1 saturated carbocycles. The monoisotopic (exact) mass is 312 g/mol. The molecule has 0 aromatic heterocycles. The molecule has 2 fully saturated rings. The van der Waals surface area contributed by atoms with Gasteiger partial charge in [0.25, 0.3) is 0 Å². The van der Waals surface area contributed by atoms with Crippen molar-refractivity contribution in [3.8, 4) is 0 Å². The third kappa shape index (κ3) is 4.76. The first-order chi connectivity index (χ1) is 10.6. The Morgan fingerprint density at radius 1 is 1.00 bits per heavy atom. The number of amides is 3. The van der Waals surface area contributed by atoms with E-state index in [0.29, 0.717) is 44.4 Å². The van der Waals surface area contributed by atoms with Gasteiger partial charge in [0.15, 0.2) is 0 Å². The number of nitrogens with zero attached hydrogens (tertiary/aromatic N) is 2. The second kappa shape index (κ2) is 8.22. The maximum Gasteiger partial charge on any atom is 0.407 e. The van der Waals surface area contributed by atoms with E-state index in [-0.39, 0.29) is 6.03 Å². The molecule has 22 heavy (non-hydrogen) atoms. The van der Waals surface area contributed by atoms with Crippen molar-refractivity contribution >= 4 is 12.1 Å². The summed E-state index contributed by atoms with van der Waals surface area (Å²) in [6.07, 6.45) is 4.38. The number of nitrogens with two attached hydrogens (primary N) is 1. The average Bonchev–Trinajstić information content (AvgIpc) is 2.79. The fraction of sp³-hybridized carbons (Fsp3) is 0.867. The summed E-state index contributed by atoms with van der Waals surface area (Å²) in [5.41, 5.74) is 5.69. The first-order valence-corrected chi connectivity index (χ1v) is 8.31. The second-order valence-corrected chi connectivity index (χ2v) is 6.42. The lowest BCUT2D eigenvalue weighted by Gasteiger charge is -2.29. The van der Waals surface area contributed by atoms with Crippen molar-refractivity contribution < 1.29 is 14.7 Å².